The van der Waals surface area contributed by atoms with Gasteiger partial charge in [-0.2, -0.15) is 4.99 Å². The first-order valence-corrected chi connectivity index (χ1v) is 10.6. The van der Waals surface area contributed by atoms with Crippen molar-refractivity contribution in [3.8, 4) is 5.75 Å². The van der Waals surface area contributed by atoms with Gasteiger partial charge in [0.2, 0.25) is 0 Å². The summed E-state index contributed by atoms with van der Waals surface area (Å²) in [5, 5.41) is 0.366. The van der Waals surface area contributed by atoms with Gasteiger partial charge in [-0.15, -0.1) is 0 Å². The van der Waals surface area contributed by atoms with E-state index in [0.717, 1.165) is 15.0 Å². The van der Waals surface area contributed by atoms with Crippen LogP contribution in [0.3, 0.4) is 0 Å². The molecule has 1 fully saturated rings. The Labute approximate surface area is 180 Å². The molecule has 27 heavy (non-hydrogen) atoms. The fourth-order valence-corrected chi connectivity index (χ4v) is 3.18. The van der Waals surface area contributed by atoms with Crippen LogP contribution in [0.1, 0.15) is 59.9 Å². The number of ether oxygens (including phenoxy) is 2. The van der Waals surface area contributed by atoms with Gasteiger partial charge in [0.25, 0.3) is 0 Å². The number of pyridine rings is 1. The highest BCUT2D eigenvalue weighted by atomic mass is 127. The Bertz CT molecular complexity index is 732. The molecule has 1 aromatic heterocycles. The SMILES string of the molecule is CC(C)(C)OC(=O)N=C(Cc1cc(OCC2CC2)c(Cl)nc1I)C(C)(C)C. The summed E-state index contributed by atoms with van der Waals surface area (Å²) in [6.45, 7) is 12.2. The topological polar surface area (TPSA) is 60.8 Å². The Hall–Kier alpha value is -0.890. The van der Waals surface area contributed by atoms with Crippen LogP contribution in [-0.2, 0) is 11.2 Å². The van der Waals surface area contributed by atoms with Gasteiger partial charge >= 0.3 is 6.09 Å². The van der Waals surface area contributed by atoms with E-state index in [1.807, 2.05) is 47.6 Å². The van der Waals surface area contributed by atoms with E-state index >= 15 is 0 Å². The molecule has 5 nitrogen and oxygen atoms in total. The van der Waals surface area contributed by atoms with Crippen molar-refractivity contribution < 1.29 is 14.3 Å². The quantitative estimate of drug-likeness (QED) is 0.275. The Morgan fingerprint density at radius 2 is 1.93 bits per heavy atom. The first-order valence-electron chi connectivity index (χ1n) is 9.14. The molecular weight excluding hydrogens is 479 g/mol. The number of aliphatic imine (C=N–C) groups is 1. The minimum Gasteiger partial charge on any atom is -0.490 e. The molecule has 0 unspecified atom stereocenters. The highest BCUT2D eigenvalue weighted by Crippen LogP contribution is 2.33. The lowest BCUT2D eigenvalue weighted by atomic mass is 9.86. The molecule has 1 aliphatic carbocycles. The number of rotatable bonds is 5. The van der Waals surface area contributed by atoms with Gasteiger partial charge in [-0.25, -0.2) is 9.78 Å². The second kappa shape index (κ2) is 8.64. The largest absolute Gasteiger partial charge is 0.490 e. The van der Waals surface area contributed by atoms with E-state index in [2.05, 4.69) is 32.6 Å². The minimum atomic E-state index is -0.580. The van der Waals surface area contributed by atoms with Crippen molar-refractivity contribution in [2.24, 2.45) is 16.3 Å². The molecule has 0 aliphatic heterocycles. The monoisotopic (exact) mass is 506 g/mol. The van der Waals surface area contributed by atoms with Crippen LogP contribution in [0.15, 0.2) is 11.1 Å². The van der Waals surface area contributed by atoms with E-state index < -0.39 is 11.7 Å². The predicted molar refractivity (Wildman–Crippen MR) is 117 cm³/mol. The van der Waals surface area contributed by atoms with Crippen LogP contribution in [-0.4, -0.2) is 29.0 Å². The van der Waals surface area contributed by atoms with E-state index in [1.54, 1.807) is 0 Å². The molecule has 1 aliphatic rings. The normalized spacial score (nSPS) is 15.6. The van der Waals surface area contributed by atoms with Crippen LogP contribution < -0.4 is 4.74 Å². The molecule has 150 valence electrons. The zero-order chi connectivity index (χ0) is 20.4. The molecule has 1 heterocycles. The molecule has 0 N–H and O–H groups in total. The van der Waals surface area contributed by atoms with Crippen LogP contribution in [0.25, 0.3) is 0 Å². The zero-order valence-corrected chi connectivity index (χ0v) is 19.8. The highest BCUT2D eigenvalue weighted by Gasteiger charge is 2.26. The summed E-state index contributed by atoms with van der Waals surface area (Å²) >= 11 is 8.40. The molecule has 1 saturated carbocycles. The average Bonchev–Trinajstić information content (AvgIpc) is 3.29. The third kappa shape index (κ3) is 7.56. The van der Waals surface area contributed by atoms with Crippen molar-refractivity contribution in [1.82, 2.24) is 4.98 Å². The highest BCUT2D eigenvalue weighted by molar-refractivity contribution is 14.1. The minimum absolute atomic E-state index is 0.297. The predicted octanol–water partition coefficient (Wildman–Crippen LogP) is 6.09. The zero-order valence-electron chi connectivity index (χ0n) is 16.9. The van der Waals surface area contributed by atoms with Crippen molar-refractivity contribution in [2.75, 3.05) is 6.61 Å². The molecular formula is C20H28ClIN2O3. The van der Waals surface area contributed by atoms with Crippen LogP contribution in [0.4, 0.5) is 4.79 Å². The van der Waals surface area contributed by atoms with Crippen molar-refractivity contribution >= 4 is 46.0 Å². The number of carbonyl (C=O) groups is 1. The lowest BCUT2D eigenvalue weighted by Crippen LogP contribution is -2.27. The second-order valence-corrected chi connectivity index (χ2v) is 10.3. The molecule has 0 radical (unpaired) electrons. The smallest absolute Gasteiger partial charge is 0.434 e. The third-order valence-electron chi connectivity index (χ3n) is 3.98. The van der Waals surface area contributed by atoms with E-state index in [-0.39, 0.29) is 5.41 Å². The molecule has 0 saturated heterocycles. The van der Waals surface area contributed by atoms with Crippen molar-refractivity contribution in [2.45, 2.75) is 66.4 Å². The number of nitrogens with zero attached hydrogens (tertiary/aromatic N) is 2. The number of amides is 1. The maximum atomic E-state index is 12.2. The molecule has 1 aromatic rings. The van der Waals surface area contributed by atoms with Gasteiger partial charge in [0.05, 0.1) is 6.61 Å². The first-order chi connectivity index (χ1) is 12.3. The van der Waals surface area contributed by atoms with Crippen LogP contribution in [0.5, 0.6) is 5.75 Å². The molecule has 0 aromatic carbocycles. The van der Waals surface area contributed by atoms with Gasteiger partial charge in [-0.1, -0.05) is 32.4 Å². The van der Waals surface area contributed by atoms with E-state index in [4.69, 9.17) is 21.1 Å². The summed E-state index contributed by atoms with van der Waals surface area (Å²) in [7, 11) is 0. The molecule has 0 bridgehead atoms. The van der Waals surface area contributed by atoms with E-state index in [0.29, 0.717) is 29.8 Å². The summed E-state index contributed by atoms with van der Waals surface area (Å²) in [6, 6.07) is 1.91. The molecule has 0 spiro atoms. The number of halogens is 2. The Balaban J connectivity index is 2.25. The number of hydrogen-bond acceptors (Lipinski definition) is 4. The first kappa shape index (κ1) is 22.4. The summed E-state index contributed by atoms with van der Waals surface area (Å²) in [4.78, 5) is 20.9. The van der Waals surface area contributed by atoms with Gasteiger partial charge in [0, 0.05) is 17.5 Å². The third-order valence-corrected chi connectivity index (χ3v) is 5.19. The van der Waals surface area contributed by atoms with Crippen LogP contribution >= 0.6 is 34.2 Å². The van der Waals surface area contributed by atoms with Gasteiger partial charge in [0.1, 0.15) is 9.30 Å². The van der Waals surface area contributed by atoms with Crippen molar-refractivity contribution in [1.29, 1.82) is 0 Å². The van der Waals surface area contributed by atoms with Crippen molar-refractivity contribution in [3.63, 3.8) is 0 Å². The molecule has 0 atom stereocenters. The average molecular weight is 507 g/mol. The summed E-state index contributed by atoms with van der Waals surface area (Å²) in [5.74, 6) is 1.21. The molecule has 1 amide bonds. The number of hydrogen-bond donors (Lipinski definition) is 0. The Morgan fingerprint density at radius 1 is 1.30 bits per heavy atom. The van der Waals surface area contributed by atoms with E-state index in [9.17, 15) is 4.79 Å². The summed E-state index contributed by atoms with van der Waals surface area (Å²) < 4.78 is 12.0. The van der Waals surface area contributed by atoms with Crippen LogP contribution in [0.2, 0.25) is 5.15 Å². The molecule has 7 heteroatoms. The van der Waals surface area contributed by atoms with Gasteiger partial charge in [0.15, 0.2) is 10.9 Å². The standard InChI is InChI=1S/C20H28ClIN2O3/c1-19(2,3)15(23-18(25)27-20(4,5)6)10-13-9-14(16(21)24-17(13)22)26-11-12-7-8-12/h9,12H,7-8,10-11H2,1-6H3. The fourth-order valence-electron chi connectivity index (χ4n) is 2.26. The number of carbonyl (C=O) groups excluding carboxylic acids is 1. The van der Waals surface area contributed by atoms with Gasteiger partial charge < -0.3 is 9.47 Å². The summed E-state index contributed by atoms with van der Waals surface area (Å²) in [6.07, 6.45) is 2.32. The van der Waals surface area contributed by atoms with E-state index in [1.165, 1.54) is 12.8 Å². The second-order valence-electron chi connectivity index (χ2n) is 8.95. The fraction of sp³-hybridized carbons (Fsp3) is 0.650. The Morgan fingerprint density at radius 3 is 2.44 bits per heavy atom. The van der Waals surface area contributed by atoms with Gasteiger partial charge in [-0.05, 0) is 73.8 Å². The summed E-state index contributed by atoms with van der Waals surface area (Å²) in [5.41, 5.74) is 0.785. The lowest BCUT2D eigenvalue weighted by molar-refractivity contribution is 0.0602. The van der Waals surface area contributed by atoms with Crippen molar-refractivity contribution in [3.05, 3.63) is 20.5 Å². The maximum Gasteiger partial charge on any atom is 0.434 e. The maximum absolute atomic E-state index is 12.2. The Kier molecular flexibility index (Phi) is 7.17. The lowest BCUT2D eigenvalue weighted by Gasteiger charge is -2.23. The van der Waals surface area contributed by atoms with Gasteiger partial charge in [-0.3, -0.25) is 0 Å². The number of aromatic nitrogens is 1. The van der Waals surface area contributed by atoms with Crippen LogP contribution in [0, 0.1) is 15.0 Å². The molecule has 2 rings (SSSR count).